The fraction of sp³-hybridized carbons (Fsp3) is 0.667. The molecule has 0 aliphatic heterocycles. The van der Waals surface area contributed by atoms with Crippen LogP contribution < -0.4 is 0 Å². The molecule has 0 unspecified atom stereocenters. The van der Waals surface area contributed by atoms with E-state index in [0.29, 0.717) is 12.4 Å². The molecule has 1 aromatic heterocycles. The van der Waals surface area contributed by atoms with Gasteiger partial charge in [0.25, 0.3) is 0 Å². The van der Waals surface area contributed by atoms with E-state index in [9.17, 15) is 8.42 Å². The fourth-order valence-electron chi connectivity index (χ4n) is 1.07. The molecule has 0 bridgehead atoms. The molecule has 0 aliphatic rings. The van der Waals surface area contributed by atoms with Crippen molar-refractivity contribution in [2.75, 3.05) is 5.75 Å². The average Bonchev–Trinajstić information content (AvgIpc) is 2.62. The van der Waals surface area contributed by atoms with Crippen LogP contribution >= 0.6 is 11.6 Å². The molecule has 1 aromatic rings. The lowest BCUT2D eigenvalue weighted by atomic mass is 10.5. The van der Waals surface area contributed by atoms with Crippen LogP contribution in [0.15, 0.2) is 12.5 Å². The van der Waals surface area contributed by atoms with Crippen molar-refractivity contribution in [3.8, 4) is 0 Å². The van der Waals surface area contributed by atoms with Crippen LogP contribution in [-0.4, -0.2) is 29.0 Å². The Morgan fingerprint density at radius 3 is 2.67 bits per heavy atom. The molecule has 0 amide bonds. The van der Waals surface area contributed by atoms with Crippen molar-refractivity contribution in [3.63, 3.8) is 0 Å². The molecule has 0 aliphatic carbocycles. The average molecular weight is 251 g/mol. The Balaban J connectivity index is 2.58. The van der Waals surface area contributed by atoms with Crippen molar-refractivity contribution >= 4 is 21.4 Å². The summed E-state index contributed by atoms with van der Waals surface area (Å²) in [6, 6.07) is 0. The predicted octanol–water partition coefficient (Wildman–Crippen LogP) is 1.45. The molecule has 0 fully saturated rings. The zero-order chi connectivity index (χ0) is 11.5. The number of alkyl halides is 1. The van der Waals surface area contributed by atoms with Gasteiger partial charge in [0, 0.05) is 12.7 Å². The predicted molar refractivity (Wildman–Crippen MR) is 60.7 cm³/mol. The summed E-state index contributed by atoms with van der Waals surface area (Å²) in [5.41, 5.74) is 0.763. The van der Waals surface area contributed by atoms with Gasteiger partial charge in [0.1, 0.15) is 0 Å². The van der Waals surface area contributed by atoms with Crippen LogP contribution in [0.1, 0.15) is 19.5 Å². The highest BCUT2D eigenvalue weighted by molar-refractivity contribution is 7.91. The van der Waals surface area contributed by atoms with Crippen LogP contribution in [0, 0.1) is 0 Å². The summed E-state index contributed by atoms with van der Waals surface area (Å²) in [4.78, 5) is 4.02. The third-order valence-electron chi connectivity index (χ3n) is 2.18. The van der Waals surface area contributed by atoms with E-state index in [-0.39, 0.29) is 11.0 Å². The van der Waals surface area contributed by atoms with E-state index in [4.69, 9.17) is 11.6 Å². The second-order valence-electron chi connectivity index (χ2n) is 3.65. The Labute approximate surface area is 95.2 Å². The molecular weight excluding hydrogens is 236 g/mol. The monoisotopic (exact) mass is 250 g/mol. The maximum absolute atomic E-state index is 11.5. The molecule has 0 spiro atoms. The van der Waals surface area contributed by atoms with Crippen LogP contribution in [0.4, 0.5) is 0 Å². The molecule has 1 heterocycles. The molecule has 0 atom stereocenters. The minimum atomic E-state index is -2.98. The minimum Gasteiger partial charge on any atom is -0.336 e. The third-order valence-corrected chi connectivity index (χ3v) is 4.64. The third kappa shape index (κ3) is 3.50. The quantitative estimate of drug-likeness (QED) is 0.744. The second-order valence-corrected chi connectivity index (χ2v) is 6.60. The number of hydrogen-bond donors (Lipinski definition) is 0. The van der Waals surface area contributed by atoms with Gasteiger partial charge in [-0.25, -0.2) is 13.4 Å². The molecule has 15 heavy (non-hydrogen) atoms. The molecule has 0 saturated heterocycles. The van der Waals surface area contributed by atoms with E-state index in [1.54, 1.807) is 30.9 Å². The van der Waals surface area contributed by atoms with Crippen LogP contribution in [0.3, 0.4) is 0 Å². The molecule has 86 valence electrons. The lowest BCUT2D eigenvalue weighted by Crippen LogP contribution is -2.20. The summed E-state index contributed by atoms with van der Waals surface area (Å²) >= 11 is 5.59. The number of aromatic nitrogens is 2. The van der Waals surface area contributed by atoms with Crippen molar-refractivity contribution in [1.82, 2.24) is 9.55 Å². The zero-order valence-electron chi connectivity index (χ0n) is 8.85. The Hall–Kier alpha value is -0.550. The van der Waals surface area contributed by atoms with Gasteiger partial charge in [-0.2, -0.15) is 0 Å². The summed E-state index contributed by atoms with van der Waals surface area (Å²) < 4.78 is 24.8. The van der Waals surface area contributed by atoms with Gasteiger partial charge < -0.3 is 4.57 Å². The topological polar surface area (TPSA) is 52.0 Å². The first-order valence-corrected chi connectivity index (χ1v) is 6.99. The number of aryl methyl sites for hydroxylation is 1. The van der Waals surface area contributed by atoms with E-state index >= 15 is 0 Å². The minimum absolute atomic E-state index is 0.142. The van der Waals surface area contributed by atoms with Crippen LogP contribution in [0.25, 0.3) is 0 Å². The van der Waals surface area contributed by atoms with Gasteiger partial charge >= 0.3 is 0 Å². The fourth-order valence-corrected chi connectivity index (χ4v) is 2.14. The SMILES string of the molecule is CC(C)S(=O)(=O)CCn1cnc(CCl)c1. The number of hydrogen-bond acceptors (Lipinski definition) is 3. The van der Waals surface area contributed by atoms with E-state index in [1.807, 2.05) is 0 Å². The highest BCUT2D eigenvalue weighted by atomic mass is 35.5. The molecule has 0 saturated carbocycles. The smallest absolute Gasteiger partial charge is 0.154 e. The first kappa shape index (κ1) is 12.5. The maximum Gasteiger partial charge on any atom is 0.154 e. The second kappa shape index (κ2) is 4.99. The normalized spacial score (nSPS) is 12.3. The number of rotatable bonds is 5. The van der Waals surface area contributed by atoms with Crippen LogP contribution in [-0.2, 0) is 22.3 Å². The highest BCUT2D eigenvalue weighted by Gasteiger charge is 2.15. The van der Waals surface area contributed by atoms with E-state index in [1.165, 1.54) is 0 Å². The lowest BCUT2D eigenvalue weighted by molar-refractivity contribution is 0.580. The van der Waals surface area contributed by atoms with Crippen LogP contribution in [0.5, 0.6) is 0 Å². The molecule has 0 aromatic carbocycles. The standard InChI is InChI=1S/C9H15ClN2O2S/c1-8(2)15(13,14)4-3-12-6-9(5-10)11-7-12/h6-8H,3-5H2,1-2H3. The Morgan fingerprint density at radius 2 is 2.20 bits per heavy atom. The van der Waals surface area contributed by atoms with Crippen LogP contribution in [0.2, 0.25) is 0 Å². The molecule has 6 heteroatoms. The molecule has 0 radical (unpaired) electrons. The first-order valence-electron chi connectivity index (χ1n) is 4.74. The van der Waals surface area contributed by atoms with Gasteiger partial charge in [0.15, 0.2) is 9.84 Å². The molecule has 4 nitrogen and oxygen atoms in total. The van der Waals surface area contributed by atoms with Crippen molar-refractivity contribution < 1.29 is 8.42 Å². The van der Waals surface area contributed by atoms with E-state index in [0.717, 1.165) is 5.69 Å². The Bertz CT molecular complexity index is 412. The number of sulfone groups is 1. The largest absolute Gasteiger partial charge is 0.336 e. The lowest BCUT2D eigenvalue weighted by Gasteiger charge is -2.07. The zero-order valence-corrected chi connectivity index (χ0v) is 10.4. The van der Waals surface area contributed by atoms with Crippen molar-refractivity contribution in [2.45, 2.75) is 31.5 Å². The van der Waals surface area contributed by atoms with Gasteiger partial charge in [0.05, 0.1) is 28.9 Å². The number of nitrogens with zero attached hydrogens (tertiary/aromatic N) is 2. The Kier molecular flexibility index (Phi) is 4.16. The summed E-state index contributed by atoms with van der Waals surface area (Å²) in [5, 5.41) is -0.325. The van der Waals surface area contributed by atoms with Gasteiger partial charge in [-0.05, 0) is 13.8 Å². The number of imidazole rings is 1. The van der Waals surface area contributed by atoms with Crippen molar-refractivity contribution in [1.29, 1.82) is 0 Å². The van der Waals surface area contributed by atoms with Crippen molar-refractivity contribution in [2.24, 2.45) is 0 Å². The number of halogens is 1. The summed E-state index contributed by atoms with van der Waals surface area (Å²) in [7, 11) is -2.98. The summed E-state index contributed by atoms with van der Waals surface area (Å²) in [5.74, 6) is 0.493. The molecule has 0 N–H and O–H groups in total. The summed E-state index contributed by atoms with van der Waals surface area (Å²) in [6.07, 6.45) is 3.37. The van der Waals surface area contributed by atoms with Gasteiger partial charge in [-0.1, -0.05) is 0 Å². The van der Waals surface area contributed by atoms with E-state index in [2.05, 4.69) is 4.98 Å². The molecular formula is C9H15ClN2O2S. The van der Waals surface area contributed by atoms with Crippen molar-refractivity contribution in [3.05, 3.63) is 18.2 Å². The van der Waals surface area contributed by atoms with E-state index < -0.39 is 9.84 Å². The Morgan fingerprint density at radius 1 is 1.53 bits per heavy atom. The van der Waals surface area contributed by atoms with Gasteiger partial charge in [0.2, 0.25) is 0 Å². The molecule has 1 rings (SSSR count). The highest BCUT2D eigenvalue weighted by Crippen LogP contribution is 2.04. The maximum atomic E-state index is 11.5. The van der Waals surface area contributed by atoms with Gasteiger partial charge in [-0.15, -0.1) is 11.6 Å². The van der Waals surface area contributed by atoms with Gasteiger partial charge in [-0.3, -0.25) is 0 Å². The summed E-state index contributed by atoms with van der Waals surface area (Å²) in [6.45, 7) is 3.81. The first-order chi connectivity index (χ1) is 6.95.